The predicted octanol–water partition coefficient (Wildman–Crippen LogP) is 4.54. The standard InChI is InChI=1S/C29H35N5O2/c1-19-14-15-30-20(2)26(19)21-8-10-23(11-9-21)31-29(36)27(22-6-4-5-7-22)32-28(35)25-13-12-24-18-33(3)16-17-34(24)25/h8-15,22,27H,4-7,16-18H2,1-3H3,(H,31,36)(H,32,35). The summed E-state index contributed by atoms with van der Waals surface area (Å²) < 4.78 is 2.08. The third-order valence-electron chi connectivity index (χ3n) is 7.67. The summed E-state index contributed by atoms with van der Waals surface area (Å²) in [6.45, 7) is 6.60. The highest BCUT2D eigenvalue weighted by atomic mass is 16.2. The molecule has 2 aromatic heterocycles. The van der Waals surface area contributed by atoms with Gasteiger partial charge in [0, 0.05) is 48.5 Å². The van der Waals surface area contributed by atoms with Gasteiger partial charge in [0.1, 0.15) is 11.7 Å². The van der Waals surface area contributed by atoms with E-state index >= 15 is 0 Å². The van der Waals surface area contributed by atoms with Gasteiger partial charge in [0.15, 0.2) is 0 Å². The molecule has 3 aromatic rings. The van der Waals surface area contributed by atoms with Crippen molar-refractivity contribution in [3.63, 3.8) is 0 Å². The number of fused-ring (bicyclic) bond motifs is 1. The van der Waals surface area contributed by atoms with E-state index in [9.17, 15) is 9.59 Å². The molecule has 1 aromatic carbocycles. The van der Waals surface area contributed by atoms with Gasteiger partial charge in [0.05, 0.1) is 0 Å². The van der Waals surface area contributed by atoms with E-state index in [0.29, 0.717) is 5.69 Å². The summed E-state index contributed by atoms with van der Waals surface area (Å²) >= 11 is 0. The van der Waals surface area contributed by atoms with Gasteiger partial charge < -0.3 is 15.2 Å². The zero-order valence-electron chi connectivity index (χ0n) is 21.4. The Morgan fingerprint density at radius 2 is 1.75 bits per heavy atom. The quantitative estimate of drug-likeness (QED) is 0.537. The van der Waals surface area contributed by atoms with E-state index in [-0.39, 0.29) is 17.7 Å². The number of aromatic nitrogens is 2. The van der Waals surface area contributed by atoms with Gasteiger partial charge in [-0.1, -0.05) is 25.0 Å². The van der Waals surface area contributed by atoms with Crippen LogP contribution in [-0.4, -0.2) is 45.9 Å². The number of anilines is 1. The minimum Gasteiger partial charge on any atom is -0.339 e. The van der Waals surface area contributed by atoms with Crippen LogP contribution in [0.15, 0.2) is 48.7 Å². The molecule has 0 radical (unpaired) electrons. The number of aryl methyl sites for hydroxylation is 2. The van der Waals surface area contributed by atoms with Gasteiger partial charge in [0.25, 0.3) is 5.91 Å². The van der Waals surface area contributed by atoms with Gasteiger partial charge in [0.2, 0.25) is 5.91 Å². The van der Waals surface area contributed by atoms with Crippen LogP contribution in [0.25, 0.3) is 11.1 Å². The fourth-order valence-electron chi connectivity index (χ4n) is 5.71. The largest absolute Gasteiger partial charge is 0.339 e. The molecule has 2 aliphatic rings. The average molecular weight is 486 g/mol. The Morgan fingerprint density at radius 3 is 2.47 bits per heavy atom. The lowest BCUT2D eigenvalue weighted by atomic mass is 9.96. The van der Waals surface area contributed by atoms with E-state index in [4.69, 9.17) is 0 Å². The number of rotatable bonds is 6. The fourth-order valence-corrected chi connectivity index (χ4v) is 5.71. The molecule has 7 heteroatoms. The molecular weight excluding hydrogens is 450 g/mol. The molecule has 2 amide bonds. The Labute approximate surface area is 212 Å². The highest BCUT2D eigenvalue weighted by Crippen LogP contribution is 2.30. The molecular formula is C29H35N5O2. The third-order valence-corrected chi connectivity index (χ3v) is 7.67. The number of nitrogens with zero attached hydrogens (tertiary/aromatic N) is 3. The van der Waals surface area contributed by atoms with Crippen LogP contribution in [-0.2, 0) is 17.9 Å². The fraction of sp³-hybridized carbons (Fsp3) is 0.414. The zero-order chi connectivity index (χ0) is 25.2. The van der Waals surface area contributed by atoms with Gasteiger partial charge >= 0.3 is 0 Å². The van der Waals surface area contributed by atoms with E-state index in [1.54, 1.807) is 0 Å². The minimum atomic E-state index is -0.556. The van der Waals surface area contributed by atoms with Crippen LogP contribution in [0.5, 0.6) is 0 Å². The topological polar surface area (TPSA) is 79.3 Å². The summed E-state index contributed by atoms with van der Waals surface area (Å²) in [5.74, 6) is -0.173. The summed E-state index contributed by atoms with van der Waals surface area (Å²) in [5.41, 5.74) is 6.84. The highest BCUT2D eigenvalue weighted by Gasteiger charge is 2.33. The summed E-state index contributed by atoms with van der Waals surface area (Å²) in [7, 11) is 2.09. The van der Waals surface area contributed by atoms with Gasteiger partial charge in [-0.3, -0.25) is 19.5 Å². The molecule has 1 saturated carbocycles. The van der Waals surface area contributed by atoms with Crippen molar-refractivity contribution in [2.75, 3.05) is 18.9 Å². The van der Waals surface area contributed by atoms with E-state index in [1.165, 1.54) is 5.56 Å². The molecule has 1 unspecified atom stereocenters. The van der Waals surface area contributed by atoms with E-state index in [2.05, 4.69) is 39.1 Å². The Kier molecular flexibility index (Phi) is 6.92. The van der Waals surface area contributed by atoms with E-state index in [0.717, 1.165) is 73.5 Å². The SMILES string of the molecule is Cc1ccnc(C)c1-c1ccc(NC(=O)C(NC(=O)c2ccc3n2CCN(C)C3)C2CCCC2)cc1. The Bertz CT molecular complexity index is 1240. The number of benzene rings is 1. The van der Waals surface area contributed by atoms with Crippen LogP contribution < -0.4 is 10.6 Å². The van der Waals surface area contributed by atoms with Crippen LogP contribution in [0.1, 0.15) is 53.1 Å². The highest BCUT2D eigenvalue weighted by molar-refractivity contribution is 6.01. The van der Waals surface area contributed by atoms with Crippen molar-refractivity contribution >= 4 is 17.5 Å². The van der Waals surface area contributed by atoms with Crippen LogP contribution in [0, 0.1) is 19.8 Å². The van der Waals surface area contributed by atoms with Crippen LogP contribution in [0.2, 0.25) is 0 Å². The van der Waals surface area contributed by atoms with Crippen molar-refractivity contribution in [1.82, 2.24) is 19.8 Å². The number of carbonyl (C=O) groups is 2. The van der Waals surface area contributed by atoms with E-state index in [1.807, 2.05) is 55.6 Å². The lowest BCUT2D eigenvalue weighted by molar-refractivity contribution is -0.119. The lowest BCUT2D eigenvalue weighted by Crippen LogP contribution is -2.48. The number of likely N-dealkylation sites (N-methyl/N-ethyl adjacent to an activating group) is 1. The van der Waals surface area contributed by atoms with Crippen molar-refractivity contribution in [3.8, 4) is 11.1 Å². The molecule has 5 rings (SSSR count). The minimum absolute atomic E-state index is 0.149. The molecule has 188 valence electrons. The molecule has 1 aliphatic carbocycles. The van der Waals surface area contributed by atoms with Crippen LogP contribution in [0.4, 0.5) is 5.69 Å². The molecule has 0 spiro atoms. The van der Waals surface area contributed by atoms with Crippen molar-refractivity contribution in [1.29, 1.82) is 0 Å². The number of pyridine rings is 1. The Balaban J connectivity index is 1.32. The molecule has 1 aliphatic heterocycles. The number of hydrogen-bond acceptors (Lipinski definition) is 4. The maximum atomic E-state index is 13.5. The molecule has 1 fully saturated rings. The Hall–Kier alpha value is -3.45. The normalized spacial score (nSPS) is 17.0. The van der Waals surface area contributed by atoms with Crippen LogP contribution >= 0.6 is 0 Å². The molecule has 36 heavy (non-hydrogen) atoms. The van der Waals surface area contributed by atoms with Gasteiger partial charge in [-0.05, 0) is 81.1 Å². The van der Waals surface area contributed by atoms with Crippen LogP contribution in [0.3, 0.4) is 0 Å². The van der Waals surface area contributed by atoms with Gasteiger partial charge in [-0.25, -0.2) is 0 Å². The maximum Gasteiger partial charge on any atom is 0.268 e. The summed E-state index contributed by atoms with van der Waals surface area (Å²) in [4.78, 5) is 33.4. The molecule has 1 atom stereocenters. The first-order chi connectivity index (χ1) is 17.4. The van der Waals surface area contributed by atoms with Crippen molar-refractivity contribution in [2.24, 2.45) is 5.92 Å². The number of hydrogen-bond donors (Lipinski definition) is 2. The molecule has 7 nitrogen and oxygen atoms in total. The van der Waals surface area contributed by atoms with Gasteiger partial charge in [-0.2, -0.15) is 0 Å². The van der Waals surface area contributed by atoms with Crippen molar-refractivity contribution in [3.05, 3.63) is 71.3 Å². The second-order valence-electron chi connectivity index (χ2n) is 10.2. The number of nitrogens with one attached hydrogen (secondary N) is 2. The second kappa shape index (κ2) is 10.3. The molecule has 2 N–H and O–H groups in total. The first-order valence-corrected chi connectivity index (χ1v) is 12.9. The monoisotopic (exact) mass is 485 g/mol. The van der Waals surface area contributed by atoms with Crippen molar-refractivity contribution in [2.45, 2.75) is 58.7 Å². The molecule has 0 saturated heterocycles. The summed E-state index contributed by atoms with van der Waals surface area (Å²) in [6.07, 6.45) is 5.91. The second-order valence-corrected chi connectivity index (χ2v) is 10.2. The van der Waals surface area contributed by atoms with Crippen molar-refractivity contribution < 1.29 is 9.59 Å². The smallest absolute Gasteiger partial charge is 0.268 e. The summed E-state index contributed by atoms with van der Waals surface area (Å²) in [5, 5.41) is 6.16. The lowest BCUT2D eigenvalue weighted by Gasteiger charge is -2.27. The Morgan fingerprint density at radius 1 is 1.00 bits per heavy atom. The first kappa shape index (κ1) is 24.3. The third kappa shape index (κ3) is 4.93. The van der Waals surface area contributed by atoms with E-state index < -0.39 is 6.04 Å². The predicted molar refractivity (Wildman–Crippen MR) is 142 cm³/mol. The number of carbonyl (C=O) groups excluding carboxylic acids is 2. The zero-order valence-corrected chi connectivity index (χ0v) is 21.4. The van der Waals surface area contributed by atoms with Gasteiger partial charge in [-0.15, -0.1) is 0 Å². The first-order valence-electron chi connectivity index (χ1n) is 12.9. The summed E-state index contributed by atoms with van der Waals surface area (Å²) in [6, 6.07) is 13.2. The average Bonchev–Trinajstić information content (AvgIpc) is 3.53. The maximum absolute atomic E-state index is 13.5. The molecule has 0 bridgehead atoms. The number of amides is 2. The molecule has 3 heterocycles.